The fraction of sp³-hybridized carbons (Fsp3) is 0.500. The van der Waals surface area contributed by atoms with Crippen LogP contribution in [0.1, 0.15) is 60.5 Å². The van der Waals surface area contributed by atoms with Crippen molar-refractivity contribution >= 4 is 24.2 Å². The lowest BCUT2D eigenvalue weighted by Gasteiger charge is -2.28. The molecule has 0 aliphatic carbocycles. The van der Waals surface area contributed by atoms with Crippen LogP contribution in [0.2, 0.25) is 0 Å². The summed E-state index contributed by atoms with van der Waals surface area (Å²) in [5, 5.41) is 8.92. The van der Waals surface area contributed by atoms with Crippen LogP contribution in [0.15, 0.2) is 24.3 Å². The van der Waals surface area contributed by atoms with Crippen molar-refractivity contribution in [2.24, 2.45) is 5.92 Å². The van der Waals surface area contributed by atoms with E-state index in [0.717, 1.165) is 0 Å². The Morgan fingerprint density at radius 2 is 1.71 bits per heavy atom. The number of carbonyl (C=O) groups is 2. The van der Waals surface area contributed by atoms with Crippen molar-refractivity contribution in [2.75, 3.05) is 19.5 Å². The van der Waals surface area contributed by atoms with Crippen molar-refractivity contribution < 1.29 is 28.4 Å². The molecule has 0 saturated carbocycles. The van der Waals surface area contributed by atoms with E-state index in [4.69, 9.17) is 18.8 Å². The van der Waals surface area contributed by atoms with Crippen molar-refractivity contribution in [1.82, 2.24) is 4.90 Å². The third kappa shape index (κ3) is 4.83. The molecule has 1 fully saturated rings. The molecule has 2 rings (SSSR count). The van der Waals surface area contributed by atoms with Gasteiger partial charge in [-0.25, -0.2) is 4.79 Å². The number of carbonyl (C=O) groups excluding carboxylic acids is 1. The van der Waals surface area contributed by atoms with Crippen LogP contribution in [0.3, 0.4) is 0 Å². The van der Waals surface area contributed by atoms with Crippen molar-refractivity contribution in [2.45, 2.75) is 26.0 Å². The number of carboxylic acids is 1. The Hall–Kier alpha value is -1.39. The van der Waals surface area contributed by atoms with Crippen molar-refractivity contribution in [1.29, 1.82) is 0 Å². The first kappa shape index (κ1) is 7.75. The van der Waals surface area contributed by atoms with E-state index in [1.54, 1.807) is 0 Å². The van der Waals surface area contributed by atoms with Gasteiger partial charge in [0.15, 0.2) is 5.78 Å². The molecule has 1 atom stereocenters. The van der Waals surface area contributed by atoms with Crippen LogP contribution < -0.4 is 0 Å². The molecule has 1 saturated heterocycles. The summed E-state index contributed by atoms with van der Waals surface area (Å²) in [6.07, 6.45) is -10.4. The number of Topliss-reactive ketones (excluding diaryl/α,β-unsaturated/α-hetero) is 1. The Morgan fingerprint density at radius 3 is 2.24 bits per heavy atom. The second-order valence-corrected chi connectivity index (χ2v) is 4.36. The number of carboxylic acid groups (broad SMARTS) is 1. The van der Waals surface area contributed by atoms with E-state index in [2.05, 4.69) is 0 Å². The molecule has 1 aliphatic heterocycles. The first-order valence-corrected chi connectivity index (χ1v) is 5.99. The molecule has 1 aliphatic rings. The second kappa shape index (κ2) is 8.15. The van der Waals surface area contributed by atoms with Gasteiger partial charge in [0.25, 0.3) is 0 Å². The highest BCUT2D eigenvalue weighted by Gasteiger charge is 2.20. The monoisotopic (exact) mass is 321 g/mol. The number of benzene rings is 1. The normalized spacial score (nSPS) is 35.9. The largest absolute Gasteiger partial charge is 0.478 e. The van der Waals surface area contributed by atoms with E-state index >= 15 is 0 Å². The maximum atomic E-state index is 12.7. The van der Waals surface area contributed by atoms with Gasteiger partial charge in [-0.2, -0.15) is 0 Å². The molecule has 0 bridgehead atoms. The summed E-state index contributed by atoms with van der Waals surface area (Å²) >= 11 is 0. The van der Waals surface area contributed by atoms with Crippen LogP contribution in [0.4, 0.5) is 0 Å². The molecule has 0 radical (unpaired) electrons. The number of hydrogen-bond acceptors (Lipinski definition) is 3. The topological polar surface area (TPSA) is 57.6 Å². The standard InChI is InChI=1S/C16H21NO3.ClH/c1-12(11-17-9-3-2-4-10-17)15(18)13-5-7-14(8-6-13)16(19)20;/h5-8,12H,2-4,9-11H2,1H3,(H,19,20);1H/i2D2,3D2,4D2,9D2,10D2;. The van der Waals surface area contributed by atoms with Gasteiger partial charge in [-0.1, -0.05) is 25.4 Å². The van der Waals surface area contributed by atoms with Crippen LogP contribution in [-0.2, 0) is 0 Å². The summed E-state index contributed by atoms with van der Waals surface area (Å²) in [6, 6.07) is 4.85. The third-order valence-corrected chi connectivity index (χ3v) is 2.83. The zero-order chi connectivity index (χ0) is 23.5. The highest BCUT2D eigenvalue weighted by Crippen LogP contribution is 2.15. The molecule has 1 heterocycles. The lowest BCUT2D eigenvalue weighted by Crippen LogP contribution is -2.35. The molecule has 1 aromatic carbocycles. The molecule has 1 aromatic rings. The number of likely N-dealkylation sites (tertiary alicyclic amines) is 1. The van der Waals surface area contributed by atoms with E-state index < -0.39 is 56.3 Å². The van der Waals surface area contributed by atoms with Gasteiger partial charge >= 0.3 is 5.97 Å². The number of nitrogens with zero attached hydrogens (tertiary/aromatic N) is 1. The first-order chi connectivity index (χ1) is 13.3. The fourth-order valence-electron chi connectivity index (χ4n) is 1.76. The van der Waals surface area contributed by atoms with Gasteiger partial charge in [-0.05, 0) is 37.9 Å². The van der Waals surface area contributed by atoms with Crippen molar-refractivity contribution in [3.8, 4) is 0 Å². The van der Waals surface area contributed by atoms with Crippen LogP contribution >= 0.6 is 12.4 Å². The van der Waals surface area contributed by atoms with Crippen LogP contribution in [-0.4, -0.2) is 41.3 Å². The number of halogens is 1. The zero-order valence-corrected chi connectivity index (χ0v) is 12.0. The van der Waals surface area contributed by atoms with E-state index in [9.17, 15) is 9.59 Å². The number of piperidine rings is 1. The van der Waals surface area contributed by atoms with Gasteiger partial charge in [-0.15, -0.1) is 12.4 Å². The summed E-state index contributed by atoms with van der Waals surface area (Å²) in [6.45, 7) is -6.00. The van der Waals surface area contributed by atoms with Crippen LogP contribution in [0.5, 0.6) is 0 Å². The molecule has 0 aromatic heterocycles. The molecule has 1 N–H and O–H groups in total. The average Bonchev–Trinajstić information content (AvgIpc) is 2.63. The molecule has 5 heteroatoms. The first-order valence-electron chi connectivity index (χ1n) is 11.0. The van der Waals surface area contributed by atoms with Gasteiger partial charge in [0.05, 0.1) is 5.56 Å². The van der Waals surface area contributed by atoms with Gasteiger partial charge < -0.3 is 10.0 Å². The minimum Gasteiger partial charge on any atom is -0.478 e. The Bertz CT molecular complexity index is 830. The highest BCUT2D eigenvalue weighted by molar-refractivity contribution is 5.98. The maximum Gasteiger partial charge on any atom is 0.335 e. The van der Waals surface area contributed by atoms with Crippen LogP contribution in [0.25, 0.3) is 0 Å². The summed E-state index contributed by atoms with van der Waals surface area (Å²) in [5.74, 6) is -2.95. The molecular weight excluding hydrogens is 290 g/mol. The fourth-order valence-corrected chi connectivity index (χ4v) is 1.76. The van der Waals surface area contributed by atoms with Gasteiger partial charge in [0.1, 0.15) is 0 Å². The Morgan fingerprint density at radius 1 is 1.19 bits per heavy atom. The smallest absolute Gasteiger partial charge is 0.335 e. The van der Waals surface area contributed by atoms with Crippen molar-refractivity contribution in [3.63, 3.8) is 0 Å². The molecule has 116 valence electrons. The lowest BCUT2D eigenvalue weighted by molar-refractivity contribution is 0.0696. The predicted octanol–water partition coefficient (Wildman–Crippen LogP) is 3.11. The minimum atomic E-state index is -3.51. The average molecular weight is 322 g/mol. The Balaban J connectivity index is 0.00000480. The summed E-state index contributed by atoms with van der Waals surface area (Å²) < 4.78 is 79.5. The van der Waals surface area contributed by atoms with Gasteiger partial charge in [0.2, 0.25) is 0 Å². The summed E-state index contributed by atoms with van der Waals surface area (Å²) in [5.41, 5.74) is -0.00138. The molecule has 1 unspecified atom stereocenters. The molecular formula is C16H22ClNO3. The third-order valence-electron chi connectivity index (χ3n) is 2.83. The molecule has 21 heavy (non-hydrogen) atoms. The SMILES string of the molecule is Cl.[2H]C1([2H])N(CC(C)C(=O)c2ccc(C(=O)O)cc2)C([2H])([2H])C([2H])([2H])C([2H])([2H])C1([2H])[2H]. The lowest BCUT2D eigenvalue weighted by atomic mass is 9.97. The van der Waals surface area contributed by atoms with E-state index in [1.807, 2.05) is 0 Å². The predicted molar refractivity (Wildman–Crippen MR) is 84.4 cm³/mol. The molecule has 0 amide bonds. The number of rotatable bonds is 5. The van der Waals surface area contributed by atoms with Crippen LogP contribution in [0, 0.1) is 5.92 Å². The molecule has 0 spiro atoms. The quantitative estimate of drug-likeness (QED) is 0.847. The highest BCUT2D eigenvalue weighted by atomic mass is 35.5. The maximum absolute atomic E-state index is 12.7. The number of hydrogen-bond donors (Lipinski definition) is 1. The number of ketones is 1. The number of aromatic carboxylic acids is 1. The zero-order valence-electron chi connectivity index (χ0n) is 21.2. The Kier molecular flexibility index (Phi) is 3.01. The van der Waals surface area contributed by atoms with Gasteiger partial charge in [0, 0.05) is 31.7 Å². The minimum absolute atomic E-state index is 0. The van der Waals surface area contributed by atoms with E-state index in [-0.39, 0.29) is 28.4 Å². The van der Waals surface area contributed by atoms with E-state index in [0.29, 0.717) is 0 Å². The molecule has 4 nitrogen and oxygen atoms in total. The van der Waals surface area contributed by atoms with E-state index in [1.165, 1.54) is 31.2 Å². The van der Waals surface area contributed by atoms with Gasteiger partial charge in [-0.3, -0.25) is 4.79 Å². The summed E-state index contributed by atoms with van der Waals surface area (Å²) in [7, 11) is 0. The summed E-state index contributed by atoms with van der Waals surface area (Å²) in [4.78, 5) is 23.8. The second-order valence-electron chi connectivity index (χ2n) is 4.36. The Labute approximate surface area is 145 Å². The van der Waals surface area contributed by atoms with Crippen molar-refractivity contribution in [3.05, 3.63) is 35.4 Å².